The highest BCUT2D eigenvalue weighted by Crippen LogP contribution is 2.22. The molecule has 1 amide bonds. The number of allylic oxidation sites excluding steroid dienone is 1. The van der Waals surface area contributed by atoms with Crippen LogP contribution in [0.5, 0.6) is 0 Å². The maximum Gasteiger partial charge on any atom is 0.224 e. The zero-order chi connectivity index (χ0) is 34.1. The molecule has 0 saturated carbocycles. The fourth-order valence-corrected chi connectivity index (χ4v) is 5.27. The summed E-state index contributed by atoms with van der Waals surface area (Å²) in [6, 6.07) is -0.632. The van der Waals surface area contributed by atoms with Gasteiger partial charge in [-0.1, -0.05) is 109 Å². The van der Waals surface area contributed by atoms with Gasteiger partial charge in [-0.2, -0.15) is 0 Å². The summed E-state index contributed by atoms with van der Waals surface area (Å²) in [6.07, 6.45) is 18.2. The molecule has 0 saturated heterocycles. The average Bonchev–Trinajstić information content (AvgIpc) is 2.95. The van der Waals surface area contributed by atoms with Crippen LogP contribution in [0, 0.1) is 0 Å². The van der Waals surface area contributed by atoms with Crippen LogP contribution in [0.2, 0.25) is 0 Å². The van der Waals surface area contributed by atoms with Crippen molar-refractivity contribution >= 4 is 5.91 Å². The molecule has 0 radical (unpaired) electrons. The topological polar surface area (TPSA) is 117 Å². The SMILES string of the molecule is CCC/C=C\CC(=O)N[C@@H](COC[C@H](O)[C@H](CO)OC(C)(C)C)[C@H](OC(C)(C)C)[C@H](O)CCCCCCCCCCCCCC. The Bertz CT molecular complexity index is 731. The first-order chi connectivity index (χ1) is 21.2. The molecule has 0 aromatic heterocycles. The lowest BCUT2D eigenvalue weighted by molar-refractivity contribution is -0.155. The fourth-order valence-electron chi connectivity index (χ4n) is 5.27. The largest absolute Gasteiger partial charge is 0.394 e. The predicted octanol–water partition coefficient (Wildman–Crippen LogP) is 7.41. The van der Waals surface area contributed by atoms with Crippen LogP contribution in [0.3, 0.4) is 0 Å². The number of amides is 1. The lowest BCUT2D eigenvalue weighted by Gasteiger charge is -2.37. The Morgan fingerprint density at radius 1 is 0.711 bits per heavy atom. The molecule has 0 spiro atoms. The summed E-state index contributed by atoms with van der Waals surface area (Å²) in [5.41, 5.74) is -1.10. The molecule has 0 fully saturated rings. The Labute approximate surface area is 277 Å². The molecule has 0 aromatic carbocycles. The van der Waals surface area contributed by atoms with E-state index in [-0.39, 0.29) is 32.1 Å². The van der Waals surface area contributed by atoms with Crippen molar-refractivity contribution in [2.45, 2.75) is 200 Å². The zero-order valence-electron chi connectivity index (χ0n) is 30.5. The molecule has 0 heterocycles. The third kappa shape index (κ3) is 25.7. The Morgan fingerprint density at radius 2 is 1.24 bits per heavy atom. The minimum atomic E-state index is -1.06. The van der Waals surface area contributed by atoms with E-state index in [1.807, 2.05) is 53.7 Å². The highest BCUT2D eigenvalue weighted by atomic mass is 16.5. The summed E-state index contributed by atoms with van der Waals surface area (Å²) < 4.78 is 18.0. The van der Waals surface area contributed by atoms with E-state index in [1.165, 1.54) is 57.8 Å². The van der Waals surface area contributed by atoms with Crippen molar-refractivity contribution < 1.29 is 34.3 Å². The van der Waals surface area contributed by atoms with E-state index in [1.54, 1.807) is 0 Å². The number of hydrogen-bond donors (Lipinski definition) is 4. The first-order valence-corrected chi connectivity index (χ1v) is 18.1. The van der Waals surface area contributed by atoms with Gasteiger partial charge in [-0.15, -0.1) is 0 Å². The minimum Gasteiger partial charge on any atom is -0.394 e. The van der Waals surface area contributed by atoms with Crippen LogP contribution in [-0.4, -0.2) is 82.7 Å². The van der Waals surface area contributed by atoms with E-state index in [4.69, 9.17) is 14.2 Å². The Hall–Kier alpha value is -1.03. The standard InChI is InChI=1S/C37H73NO7/c1-9-11-13-15-16-17-18-19-20-21-22-23-25-31(40)35(45-37(6,7)8)30(38-34(42)26-24-14-12-10-2)28-43-29-32(41)33(27-39)44-36(3,4)5/h14,24,30-33,35,39-41H,9-13,15-23,25-29H2,1-8H3,(H,38,42)/b24-14-/t30-,31+,32-,33-,35-/m0/s1. The van der Waals surface area contributed by atoms with E-state index in [0.29, 0.717) is 6.42 Å². The summed E-state index contributed by atoms with van der Waals surface area (Å²) in [4.78, 5) is 12.9. The zero-order valence-corrected chi connectivity index (χ0v) is 30.5. The fraction of sp³-hybridized carbons (Fsp3) is 0.919. The molecule has 0 aliphatic rings. The van der Waals surface area contributed by atoms with Gasteiger partial charge < -0.3 is 34.8 Å². The Balaban J connectivity index is 5.21. The first-order valence-electron chi connectivity index (χ1n) is 18.1. The molecule has 268 valence electrons. The van der Waals surface area contributed by atoms with Gasteiger partial charge in [0.15, 0.2) is 0 Å². The van der Waals surface area contributed by atoms with Gasteiger partial charge in [-0.05, 0) is 54.4 Å². The lowest BCUT2D eigenvalue weighted by Crippen LogP contribution is -2.54. The minimum absolute atomic E-state index is 0.0331. The molecule has 0 bridgehead atoms. The number of aliphatic hydroxyl groups is 3. The molecule has 0 unspecified atom stereocenters. The van der Waals surface area contributed by atoms with Crippen molar-refractivity contribution in [1.82, 2.24) is 5.32 Å². The van der Waals surface area contributed by atoms with E-state index in [2.05, 4.69) is 19.2 Å². The normalized spacial score (nSPS) is 16.1. The summed E-state index contributed by atoms with van der Waals surface area (Å²) >= 11 is 0. The van der Waals surface area contributed by atoms with E-state index in [0.717, 1.165) is 32.1 Å². The maximum absolute atomic E-state index is 12.9. The Kier molecular flexibility index (Phi) is 25.4. The van der Waals surface area contributed by atoms with Crippen LogP contribution >= 0.6 is 0 Å². The van der Waals surface area contributed by atoms with Crippen LogP contribution in [0.4, 0.5) is 0 Å². The highest BCUT2D eigenvalue weighted by molar-refractivity contribution is 5.77. The van der Waals surface area contributed by atoms with Crippen LogP contribution in [0.1, 0.15) is 158 Å². The second kappa shape index (κ2) is 26.0. The summed E-state index contributed by atoms with van der Waals surface area (Å²) in [7, 11) is 0. The predicted molar refractivity (Wildman–Crippen MR) is 185 cm³/mol. The smallest absolute Gasteiger partial charge is 0.224 e. The van der Waals surface area contributed by atoms with E-state index >= 15 is 0 Å². The number of hydrogen-bond acceptors (Lipinski definition) is 7. The van der Waals surface area contributed by atoms with Crippen molar-refractivity contribution in [3.63, 3.8) is 0 Å². The third-order valence-electron chi connectivity index (χ3n) is 7.59. The number of ether oxygens (including phenoxy) is 3. The number of nitrogens with one attached hydrogen (secondary N) is 1. The molecule has 0 aliphatic heterocycles. The molecule has 4 N–H and O–H groups in total. The number of unbranched alkanes of at least 4 members (excludes halogenated alkanes) is 12. The van der Waals surface area contributed by atoms with Crippen LogP contribution in [-0.2, 0) is 19.0 Å². The molecular weight excluding hydrogens is 570 g/mol. The van der Waals surface area contributed by atoms with Gasteiger partial charge in [0.05, 0.1) is 43.2 Å². The third-order valence-corrected chi connectivity index (χ3v) is 7.59. The van der Waals surface area contributed by atoms with Gasteiger partial charge in [0.1, 0.15) is 18.3 Å². The van der Waals surface area contributed by atoms with E-state index < -0.39 is 41.7 Å². The molecular formula is C37H73NO7. The van der Waals surface area contributed by atoms with E-state index in [9.17, 15) is 20.1 Å². The van der Waals surface area contributed by atoms with Gasteiger partial charge in [0, 0.05) is 6.42 Å². The molecule has 8 heteroatoms. The van der Waals surface area contributed by atoms with Gasteiger partial charge in [-0.3, -0.25) is 4.79 Å². The van der Waals surface area contributed by atoms with Gasteiger partial charge in [0.25, 0.3) is 0 Å². The van der Waals surface area contributed by atoms with Gasteiger partial charge in [0.2, 0.25) is 5.91 Å². The van der Waals surface area contributed by atoms with Crippen molar-refractivity contribution in [1.29, 1.82) is 0 Å². The average molecular weight is 644 g/mol. The molecule has 0 rings (SSSR count). The van der Waals surface area contributed by atoms with Gasteiger partial charge in [-0.25, -0.2) is 0 Å². The molecule has 45 heavy (non-hydrogen) atoms. The molecule has 5 atom stereocenters. The molecule has 0 aliphatic carbocycles. The van der Waals surface area contributed by atoms with Gasteiger partial charge >= 0.3 is 0 Å². The lowest BCUT2D eigenvalue weighted by atomic mass is 9.98. The van der Waals surface area contributed by atoms with Crippen LogP contribution < -0.4 is 5.32 Å². The first kappa shape index (κ1) is 44.0. The number of carbonyl (C=O) groups excluding carboxylic acids is 1. The molecule has 8 nitrogen and oxygen atoms in total. The highest BCUT2D eigenvalue weighted by Gasteiger charge is 2.34. The van der Waals surface area contributed by atoms with Crippen LogP contribution in [0.15, 0.2) is 12.2 Å². The summed E-state index contributed by atoms with van der Waals surface area (Å²) in [6.45, 7) is 15.3. The van der Waals surface area contributed by atoms with Crippen molar-refractivity contribution in [2.24, 2.45) is 0 Å². The summed E-state index contributed by atoms with van der Waals surface area (Å²) in [5.74, 6) is -0.180. The second-order valence-electron chi connectivity index (χ2n) is 14.6. The Morgan fingerprint density at radius 3 is 1.73 bits per heavy atom. The van der Waals surface area contributed by atoms with Crippen molar-refractivity contribution in [3.05, 3.63) is 12.2 Å². The van der Waals surface area contributed by atoms with Crippen molar-refractivity contribution in [3.8, 4) is 0 Å². The molecule has 0 aromatic rings. The quantitative estimate of drug-likeness (QED) is 0.0518. The van der Waals surface area contributed by atoms with Crippen molar-refractivity contribution in [2.75, 3.05) is 19.8 Å². The number of aliphatic hydroxyl groups excluding tert-OH is 3. The maximum atomic E-state index is 12.9. The second-order valence-corrected chi connectivity index (χ2v) is 14.6. The number of carbonyl (C=O) groups is 1. The summed E-state index contributed by atoms with van der Waals surface area (Å²) in [5, 5.41) is 34.8. The van der Waals surface area contributed by atoms with Crippen LogP contribution in [0.25, 0.3) is 0 Å². The number of rotatable bonds is 28. The monoisotopic (exact) mass is 644 g/mol.